The summed E-state index contributed by atoms with van der Waals surface area (Å²) >= 11 is 0. The van der Waals surface area contributed by atoms with E-state index < -0.39 is 15.9 Å². The Bertz CT molecular complexity index is 1010. The van der Waals surface area contributed by atoms with Crippen molar-refractivity contribution in [2.24, 2.45) is 0 Å². The van der Waals surface area contributed by atoms with Crippen molar-refractivity contribution < 1.29 is 18.0 Å². The highest BCUT2D eigenvalue weighted by Gasteiger charge is 2.24. The van der Waals surface area contributed by atoms with E-state index >= 15 is 0 Å². The molecule has 30 heavy (non-hydrogen) atoms. The summed E-state index contributed by atoms with van der Waals surface area (Å²) in [6.45, 7) is 7.68. The number of anilines is 1. The molecule has 2 N–H and O–H groups in total. The van der Waals surface area contributed by atoms with Crippen LogP contribution in [0.5, 0.6) is 0 Å². The SMILES string of the molecule is CCc1ccccc1NC(=O)CNC(=O)c1ccc(C)c(S(=O)(=O)N(CC)CC)c1. The van der Waals surface area contributed by atoms with Gasteiger partial charge in [-0.2, -0.15) is 4.31 Å². The van der Waals surface area contributed by atoms with E-state index in [0.717, 1.165) is 12.0 Å². The van der Waals surface area contributed by atoms with Crippen LogP contribution in [-0.2, 0) is 21.2 Å². The Morgan fingerprint density at radius 1 is 1.00 bits per heavy atom. The highest BCUT2D eigenvalue weighted by atomic mass is 32.2. The lowest BCUT2D eigenvalue weighted by Gasteiger charge is -2.20. The Morgan fingerprint density at radius 3 is 2.30 bits per heavy atom. The zero-order chi connectivity index (χ0) is 22.3. The molecule has 0 aliphatic rings. The van der Waals surface area contributed by atoms with Crippen LogP contribution < -0.4 is 10.6 Å². The molecule has 0 saturated carbocycles. The second kappa shape index (κ2) is 10.4. The Kier molecular flexibility index (Phi) is 8.14. The molecular weight excluding hydrogens is 402 g/mol. The smallest absolute Gasteiger partial charge is 0.251 e. The minimum absolute atomic E-state index is 0.0974. The summed E-state index contributed by atoms with van der Waals surface area (Å²) in [5, 5.41) is 5.34. The predicted molar refractivity (Wildman–Crippen MR) is 118 cm³/mol. The van der Waals surface area contributed by atoms with Crippen LogP contribution in [0.15, 0.2) is 47.4 Å². The Morgan fingerprint density at radius 2 is 1.67 bits per heavy atom. The van der Waals surface area contributed by atoms with Crippen LogP contribution in [0.2, 0.25) is 0 Å². The number of aryl methyl sites for hydroxylation is 2. The lowest BCUT2D eigenvalue weighted by molar-refractivity contribution is -0.115. The number of benzene rings is 2. The molecular formula is C22H29N3O4S. The fourth-order valence-corrected chi connectivity index (χ4v) is 4.84. The predicted octanol–water partition coefficient (Wildman–Crippen LogP) is 2.96. The van der Waals surface area contributed by atoms with Gasteiger partial charge >= 0.3 is 0 Å². The molecule has 0 bridgehead atoms. The number of nitrogens with one attached hydrogen (secondary N) is 2. The fourth-order valence-electron chi connectivity index (χ4n) is 3.13. The number of hydrogen-bond donors (Lipinski definition) is 2. The zero-order valence-electron chi connectivity index (χ0n) is 17.9. The van der Waals surface area contributed by atoms with E-state index in [1.54, 1.807) is 32.9 Å². The maximum absolute atomic E-state index is 12.8. The maximum Gasteiger partial charge on any atom is 0.251 e. The number of amides is 2. The minimum atomic E-state index is -3.69. The molecule has 0 unspecified atom stereocenters. The number of sulfonamides is 1. The standard InChI is InChI=1S/C22H29N3O4S/c1-5-17-10-8-9-11-19(17)24-21(26)15-23-22(27)18-13-12-16(4)20(14-18)30(28,29)25(6-2)7-3/h8-14H,5-7,15H2,1-4H3,(H,23,27)(H,24,26). The fraction of sp³-hybridized carbons (Fsp3) is 0.364. The summed E-state index contributed by atoms with van der Waals surface area (Å²) in [6, 6.07) is 12.0. The van der Waals surface area contributed by atoms with Crippen molar-refractivity contribution in [1.82, 2.24) is 9.62 Å². The molecule has 0 heterocycles. The van der Waals surface area contributed by atoms with E-state index in [9.17, 15) is 18.0 Å². The van der Waals surface area contributed by atoms with E-state index in [4.69, 9.17) is 0 Å². The van der Waals surface area contributed by atoms with Gasteiger partial charge in [-0.05, 0) is 42.7 Å². The van der Waals surface area contributed by atoms with Crippen molar-refractivity contribution >= 4 is 27.5 Å². The van der Waals surface area contributed by atoms with Crippen LogP contribution in [0.25, 0.3) is 0 Å². The molecule has 2 aromatic carbocycles. The third-order valence-corrected chi connectivity index (χ3v) is 7.05. The molecule has 2 amide bonds. The van der Waals surface area contributed by atoms with E-state index in [0.29, 0.717) is 24.3 Å². The molecule has 7 nitrogen and oxygen atoms in total. The molecule has 162 valence electrons. The first-order valence-corrected chi connectivity index (χ1v) is 11.4. The molecule has 0 aliphatic carbocycles. The zero-order valence-corrected chi connectivity index (χ0v) is 18.7. The number of carbonyl (C=O) groups is 2. The molecule has 2 aromatic rings. The summed E-state index contributed by atoms with van der Waals surface area (Å²) < 4.78 is 27.0. The van der Waals surface area contributed by atoms with Gasteiger partial charge in [-0.1, -0.05) is 45.0 Å². The van der Waals surface area contributed by atoms with Crippen LogP contribution in [0.4, 0.5) is 5.69 Å². The van der Waals surface area contributed by atoms with Crippen molar-refractivity contribution in [3.8, 4) is 0 Å². The average Bonchev–Trinajstić information content (AvgIpc) is 2.73. The molecule has 0 atom stereocenters. The highest BCUT2D eigenvalue weighted by molar-refractivity contribution is 7.89. The number of hydrogen-bond acceptors (Lipinski definition) is 4. The van der Waals surface area contributed by atoms with Crippen LogP contribution in [-0.4, -0.2) is 44.2 Å². The molecule has 0 radical (unpaired) electrons. The quantitative estimate of drug-likeness (QED) is 0.638. The summed E-state index contributed by atoms with van der Waals surface area (Å²) in [5.41, 5.74) is 2.46. The van der Waals surface area contributed by atoms with Crippen LogP contribution in [0, 0.1) is 6.92 Å². The second-order valence-electron chi connectivity index (χ2n) is 6.81. The summed E-state index contributed by atoms with van der Waals surface area (Å²) in [4.78, 5) is 24.9. The number of carbonyl (C=O) groups excluding carboxylic acids is 2. The maximum atomic E-state index is 12.8. The topological polar surface area (TPSA) is 95.6 Å². The second-order valence-corrected chi connectivity index (χ2v) is 8.72. The van der Waals surface area contributed by atoms with Gasteiger partial charge in [0.05, 0.1) is 11.4 Å². The molecule has 2 rings (SSSR count). The molecule has 0 aromatic heterocycles. The lowest BCUT2D eigenvalue weighted by atomic mass is 10.1. The van der Waals surface area contributed by atoms with Gasteiger partial charge < -0.3 is 10.6 Å². The number of nitrogens with zero attached hydrogens (tertiary/aromatic N) is 1. The van der Waals surface area contributed by atoms with Crippen LogP contribution in [0.1, 0.15) is 42.3 Å². The van der Waals surface area contributed by atoms with Crippen molar-refractivity contribution in [2.75, 3.05) is 25.0 Å². The summed E-state index contributed by atoms with van der Waals surface area (Å²) in [5.74, 6) is -0.864. The highest BCUT2D eigenvalue weighted by Crippen LogP contribution is 2.21. The van der Waals surface area contributed by atoms with E-state index in [2.05, 4.69) is 10.6 Å². The molecule has 8 heteroatoms. The lowest BCUT2D eigenvalue weighted by Crippen LogP contribution is -2.34. The summed E-state index contributed by atoms with van der Waals surface area (Å²) in [6.07, 6.45) is 0.774. The normalized spacial score (nSPS) is 11.4. The van der Waals surface area contributed by atoms with E-state index in [-0.39, 0.29) is 22.9 Å². The van der Waals surface area contributed by atoms with Gasteiger partial charge in [-0.25, -0.2) is 8.42 Å². The Labute approximate surface area is 178 Å². The number of rotatable bonds is 9. The summed E-state index contributed by atoms with van der Waals surface area (Å²) in [7, 11) is -3.69. The van der Waals surface area contributed by atoms with Crippen LogP contribution in [0.3, 0.4) is 0 Å². The Balaban J connectivity index is 2.11. The number of para-hydroxylation sites is 1. The van der Waals surface area contributed by atoms with Gasteiger partial charge in [0, 0.05) is 24.3 Å². The molecule has 0 spiro atoms. The first kappa shape index (κ1) is 23.6. The first-order valence-electron chi connectivity index (χ1n) is 10.0. The minimum Gasteiger partial charge on any atom is -0.343 e. The van der Waals surface area contributed by atoms with E-state index in [1.807, 2.05) is 31.2 Å². The van der Waals surface area contributed by atoms with Gasteiger partial charge in [0.25, 0.3) is 5.91 Å². The van der Waals surface area contributed by atoms with Crippen LogP contribution >= 0.6 is 0 Å². The average molecular weight is 432 g/mol. The molecule has 0 aliphatic heterocycles. The monoisotopic (exact) mass is 431 g/mol. The van der Waals surface area contributed by atoms with Gasteiger partial charge in [0.2, 0.25) is 15.9 Å². The first-order chi connectivity index (χ1) is 14.2. The molecule has 0 saturated heterocycles. The van der Waals surface area contributed by atoms with Gasteiger partial charge in [0.1, 0.15) is 0 Å². The third kappa shape index (κ3) is 5.46. The van der Waals surface area contributed by atoms with Gasteiger partial charge in [0.15, 0.2) is 0 Å². The van der Waals surface area contributed by atoms with Crippen molar-refractivity contribution in [3.05, 3.63) is 59.2 Å². The Hall–Kier alpha value is -2.71. The van der Waals surface area contributed by atoms with Crippen molar-refractivity contribution in [2.45, 2.75) is 39.0 Å². The van der Waals surface area contributed by atoms with E-state index in [1.165, 1.54) is 10.4 Å². The largest absolute Gasteiger partial charge is 0.343 e. The van der Waals surface area contributed by atoms with Crippen molar-refractivity contribution in [3.63, 3.8) is 0 Å². The van der Waals surface area contributed by atoms with Gasteiger partial charge in [-0.15, -0.1) is 0 Å². The van der Waals surface area contributed by atoms with Crippen molar-refractivity contribution in [1.29, 1.82) is 0 Å². The molecule has 0 fully saturated rings. The van der Waals surface area contributed by atoms with Gasteiger partial charge in [-0.3, -0.25) is 9.59 Å². The third-order valence-electron chi connectivity index (χ3n) is 4.86.